The second-order valence-electron chi connectivity index (χ2n) is 6.19. The molecule has 0 radical (unpaired) electrons. The Hall–Kier alpha value is -3.27. The minimum absolute atomic E-state index is 0.0928. The van der Waals surface area contributed by atoms with Gasteiger partial charge in [0.05, 0.1) is 6.54 Å². The topological polar surface area (TPSA) is 41.6 Å². The minimum Gasteiger partial charge on any atom is -0.457 e. The minimum atomic E-state index is 0.0928. The fourth-order valence-corrected chi connectivity index (χ4v) is 2.80. The maximum Gasteiger partial charge on any atom is 0.227 e. The maximum atomic E-state index is 12.4. The van der Waals surface area contributed by atoms with E-state index in [2.05, 4.69) is 5.32 Å². The highest BCUT2D eigenvalue weighted by Crippen LogP contribution is 2.26. The number of amides is 1. The zero-order valence-electron chi connectivity index (χ0n) is 15.7. The first-order valence-corrected chi connectivity index (χ1v) is 9.09. The molecule has 27 heavy (non-hydrogen) atoms. The number of rotatable bonds is 7. The normalized spacial score (nSPS) is 10.3. The van der Waals surface area contributed by atoms with Crippen LogP contribution in [0.4, 0.5) is 11.4 Å². The molecule has 0 saturated carbocycles. The SMILES string of the molecule is CCC(=O)N(Cc1ccccc1)c1ccc(Oc2ccc(NC)cc2)cc1. The maximum absolute atomic E-state index is 12.4. The molecule has 0 spiro atoms. The number of nitrogens with one attached hydrogen (secondary N) is 1. The second-order valence-corrected chi connectivity index (χ2v) is 6.19. The predicted molar refractivity (Wildman–Crippen MR) is 110 cm³/mol. The molecule has 138 valence electrons. The fraction of sp³-hybridized carbons (Fsp3) is 0.174. The molecule has 4 heteroatoms. The molecule has 3 aromatic carbocycles. The molecule has 0 unspecified atom stereocenters. The summed E-state index contributed by atoms with van der Waals surface area (Å²) >= 11 is 0. The van der Waals surface area contributed by atoms with Crippen LogP contribution in [0.15, 0.2) is 78.9 Å². The molecule has 0 aliphatic rings. The average molecular weight is 360 g/mol. The number of benzene rings is 3. The zero-order chi connectivity index (χ0) is 19.1. The van der Waals surface area contributed by atoms with Gasteiger partial charge in [0.1, 0.15) is 11.5 Å². The van der Waals surface area contributed by atoms with Crippen LogP contribution in [0.3, 0.4) is 0 Å². The van der Waals surface area contributed by atoms with E-state index in [9.17, 15) is 4.79 Å². The number of ether oxygens (including phenoxy) is 1. The van der Waals surface area contributed by atoms with Crippen LogP contribution in [-0.4, -0.2) is 13.0 Å². The molecule has 0 heterocycles. The van der Waals surface area contributed by atoms with E-state index in [1.165, 1.54) is 0 Å². The van der Waals surface area contributed by atoms with E-state index in [0.717, 1.165) is 28.4 Å². The molecule has 0 aliphatic heterocycles. The van der Waals surface area contributed by atoms with Gasteiger partial charge in [0.15, 0.2) is 0 Å². The molecule has 0 fully saturated rings. The molecular formula is C23H24N2O2. The Bertz CT molecular complexity index is 859. The highest BCUT2D eigenvalue weighted by Gasteiger charge is 2.14. The van der Waals surface area contributed by atoms with Crippen LogP contribution in [0.2, 0.25) is 0 Å². The van der Waals surface area contributed by atoms with Gasteiger partial charge in [-0.05, 0) is 54.1 Å². The van der Waals surface area contributed by atoms with Crippen molar-refractivity contribution in [2.24, 2.45) is 0 Å². The molecule has 0 aromatic heterocycles. The van der Waals surface area contributed by atoms with E-state index in [4.69, 9.17) is 4.74 Å². The summed E-state index contributed by atoms with van der Waals surface area (Å²) in [5, 5.41) is 3.08. The van der Waals surface area contributed by atoms with Gasteiger partial charge in [-0.15, -0.1) is 0 Å². The summed E-state index contributed by atoms with van der Waals surface area (Å²) in [6.07, 6.45) is 0.461. The lowest BCUT2D eigenvalue weighted by Gasteiger charge is -2.23. The van der Waals surface area contributed by atoms with Gasteiger partial charge < -0.3 is 15.0 Å². The molecule has 0 saturated heterocycles. The number of carbonyl (C=O) groups excluding carboxylic acids is 1. The largest absolute Gasteiger partial charge is 0.457 e. The quantitative estimate of drug-likeness (QED) is 0.608. The van der Waals surface area contributed by atoms with Gasteiger partial charge in [-0.1, -0.05) is 37.3 Å². The van der Waals surface area contributed by atoms with Crippen LogP contribution in [-0.2, 0) is 11.3 Å². The standard InChI is InChI=1S/C23H24N2O2/c1-3-23(26)25(17-18-7-5-4-6-8-18)20-11-15-22(16-12-20)27-21-13-9-19(24-2)10-14-21/h4-16,24H,3,17H2,1-2H3. The zero-order valence-corrected chi connectivity index (χ0v) is 15.7. The number of hydrogen-bond donors (Lipinski definition) is 1. The van der Waals surface area contributed by atoms with Crippen molar-refractivity contribution in [2.45, 2.75) is 19.9 Å². The number of nitrogens with zero attached hydrogens (tertiary/aromatic N) is 1. The lowest BCUT2D eigenvalue weighted by Crippen LogP contribution is -2.29. The second kappa shape index (κ2) is 8.90. The van der Waals surface area contributed by atoms with Crippen molar-refractivity contribution in [1.82, 2.24) is 0 Å². The van der Waals surface area contributed by atoms with Crippen LogP contribution in [0.5, 0.6) is 11.5 Å². The number of anilines is 2. The highest BCUT2D eigenvalue weighted by molar-refractivity contribution is 5.93. The fourth-order valence-electron chi connectivity index (χ4n) is 2.80. The Labute approximate surface area is 160 Å². The monoisotopic (exact) mass is 360 g/mol. The first-order chi connectivity index (χ1) is 13.2. The van der Waals surface area contributed by atoms with Crippen molar-refractivity contribution < 1.29 is 9.53 Å². The van der Waals surface area contributed by atoms with Crippen molar-refractivity contribution in [3.8, 4) is 11.5 Å². The lowest BCUT2D eigenvalue weighted by atomic mass is 10.2. The Morgan fingerprint density at radius 2 is 1.48 bits per heavy atom. The molecule has 1 N–H and O–H groups in total. The summed E-state index contributed by atoms with van der Waals surface area (Å²) < 4.78 is 5.89. The average Bonchev–Trinajstić information content (AvgIpc) is 2.73. The van der Waals surface area contributed by atoms with E-state index < -0.39 is 0 Å². The van der Waals surface area contributed by atoms with Crippen molar-refractivity contribution in [1.29, 1.82) is 0 Å². The van der Waals surface area contributed by atoms with Crippen molar-refractivity contribution in [3.05, 3.63) is 84.4 Å². The molecule has 0 atom stereocenters. The smallest absolute Gasteiger partial charge is 0.227 e. The van der Waals surface area contributed by atoms with Gasteiger partial charge in [-0.3, -0.25) is 4.79 Å². The molecule has 0 bridgehead atoms. The predicted octanol–water partition coefficient (Wildman–Crippen LogP) is 5.46. The molecule has 0 aliphatic carbocycles. The summed E-state index contributed by atoms with van der Waals surface area (Å²) in [6, 6.07) is 25.4. The van der Waals surface area contributed by atoms with Crippen LogP contribution >= 0.6 is 0 Å². The van der Waals surface area contributed by atoms with Gasteiger partial charge in [0.25, 0.3) is 0 Å². The Kier molecular flexibility index (Phi) is 6.10. The Morgan fingerprint density at radius 1 is 0.889 bits per heavy atom. The van der Waals surface area contributed by atoms with E-state index >= 15 is 0 Å². The van der Waals surface area contributed by atoms with Gasteiger partial charge in [-0.2, -0.15) is 0 Å². The van der Waals surface area contributed by atoms with E-state index in [1.807, 2.05) is 92.8 Å². The molecule has 4 nitrogen and oxygen atoms in total. The summed E-state index contributed by atoms with van der Waals surface area (Å²) in [4.78, 5) is 14.2. The van der Waals surface area contributed by atoms with Crippen molar-refractivity contribution in [2.75, 3.05) is 17.3 Å². The molecular weight excluding hydrogens is 336 g/mol. The van der Waals surface area contributed by atoms with Gasteiger partial charge in [0, 0.05) is 24.8 Å². The third kappa shape index (κ3) is 4.88. The summed E-state index contributed by atoms with van der Waals surface area (Å²) in [7, 11) is 1.88. The number of carbonyl (C=O) groups is 1. The summed E-state index contributed by atoms with van der Waals surface area (Å²) in [5.41, 5.74) is 3.00. The van der Waals surface area contributed by atoms with Crippen LogP contribution in [0.25, 0.3) is 0 Å². The third-order valence-corrected chi connectivity index (χ3v) is 4.31. The van der Waals surface area contributed by atoms with Crippen LogP contribution in [0, 0.1) is 0 Å². The highest BCUT2D eigenvalue weighted by atomic mass is 16.5. The van der Waals surface area contributed by atoms with E-state index in [-0.39, 0.29) is 5.91 Å². The third-order valence-electron chi connectivity index (χ3n) is 4.31. The van der Waals surface area contributed by atoms with Crippen LogP contribution < -0.4 is 15.0 Å². The van der Waals surface area contributed by atoms with Gasteiger partial charge in [0.2, 0.25) is 5.91 Å². The first-order valence-electron chi connectivity index (χ1n) is 9.09. The summed E-state index contributed by atoms with van der Waals surface area (Å²) in [5.74, 6) is 1.60. The first kappa shape index (κ1) is 18.5. The van der Waals surface area contributed by atoms with Gasteiger partial charge >= 0.3 is 0 Å². The van der Waals surface area contributed by atoms with Crippen molar-refractivity contribution in [3.63, 3.8) is 0 Å². The summed E-state index contributed by atoms with van der Waals surface area (Å²) in [6.45, 7) is 2.44. The Morgan fingerprint density at radius 3 is 2.04 bits per heavy atom. The molecule has 1 amide bonds. The molecule has 3 aromatic rings. The number of hydrogen-bond acceptors (Lipinski definition) is 3. The van der Waals surface area contributed by atoms with Gasteiger partial charge in [-0.25, -0.2) is 0 Å². The lowest BCUT2D eigenvalue weighted by molar-refractivity contribution is -0.118. The van der Waals surface area contributed by atoms with E-state index in [0.29, 0.717) is 13.0 Å². The molecule has 3 rings (SSSR count). The van der Waals surface area contributed by atoms with Crippen molar-refractivity contribution >= 4 is 17.3 Å². The van der Waals surface area contributed by atoms with Crippen LogP contribution in [0.1, 0.15) is 18.9 Å². The van der Waals surface area contributed by atoms with E-state index in [1.54, 1.807) is 4.90 Å². The Balaban J connectivity index is 1.75.